The monoisotopic (exact) mass is 627 g/mol. The zero-order valence-corrected chi connectivity index (χ0v) is 25.9. The van der Waals surface area contributed by atoms with E-state index in [4.69, 9.17) is 21.9 Å². The largest absolute Gasteiger partial charge is 0.378 e. The molecule has 1 saturated heterocycles. The molecule has 5 aromatic rings. The normalized spacial score (nSPS) is 16.0. The van der Waals surface area contributed by atoms with Crippen LogP contribution in [0.4, 0.5) is 17.5 Å². The Kier molecular flexibility index (Phi) is 7.97. The number of nitrogen functional groups attached to an aromatic ring is 1. The molecule has 0 aliphatic carbocycles. The Morgan fingerprint density at radius 2 is 1.79 bits per heavy atom. The molecule has 12 heteroatoms. The molecule has 7 rings (SSSR count). The fraction of sp³-hybridized carbons (Fsp3) is 0.257. The molecule has 2 aliphatic heterocycles. The average Bonchev–Trinajstić information content (AvgIpc) is 3.55. The predicted molar refractivity (Wildman–Crippen MR) is 179 cm³/mol. The van der Waals surface area contributed by atoms with Crippen molar-refractivity contribution in [3.8, 4) is 34.9 Å². The second-order valence-corrected chi connectivity index (χ2v) is 11.6. The van der Waals surface area contributed by atoms with Gasteiger partial charge < -0.3 is 20.7 Å². The molecule has 5 heterocycles. The molecule has 1 fully saturated rings. The van der Waals surface area contributed by atoms with Gasteiger partial charge in [-0.1, -0.05) is 36.3 Å². The first kappa shape index (κ1) is 29.9. The van der Waals surface area contributed by atoms with Crippen LogP contribution in [-0.2, 0) is 22.5 Å². The van der Waals surface area contributed by atoms with Crippen LogP contribution in [0.1, 0.15) is 34.8 Å². The van der Waals surface area contributed by atoms with Crippen molar-refractivity contribution in [1.29, 1.82) is 0 Å². The van der Waals surface area contributed by atoms with Crippen LogP contribution in [0.5, 0.6) is 0 Å². The third kappa shape index (κ3) is 5.96. The lowest BCUT2D eigenvalue weighted by atomic mass is 9.92. The molecular formula is C35H33N9O3. The summed E-state index contributed by atoms with van der Waals surface area (Å²) in [4.78, 5) is 42.5. The molecule has 0 saturated carbocycles. The third-order valence-electron chi connectivity index (χ3n) is 8.56. The molecule has 47 heavy (non-hydrogen) atoms. The summed E-state index contributed by atoms with van der Waals surface area (Å²) in [5.74, 6) is 3.77. The Morgan fingerprint density at radius 1 is 1.04 bits per heavy atom. The van der Waals surface area contributed by atoms with E-state index in [9.17, 15) is 9.59 Å². The number of ether oxygens (including phenoxy) is 1. The maximum atomic E-state index is 13.3. The Bertz CT molecular complexity index is 2010. The molecule has 236 valence electrons. The number of aromatic nitrogens is 5. The van der Waals surface area contributed by atoms with Gasteiger partial charge >= 0.3 is 0 Å². The highest BCUT2D eigenvalue weighted by molar-refractivity contribution is 5.97. The molecule has 12 nitrogen and oxygen atoms in total. The second-order valence-electron chi connectivity index (χ2n) is 11.6. The number of hydrogen-bond donors (Lipinski definition) is 2. The number of fused-ring (bicyclic) bond motifs is 2. The van der Waals surface area contributed by atoms with E-state index in [0.29, 0.717) is 61.1 Å². The smallest absolute Gasteiger partial charge is 0.253 e. The Balaban J connectivity index is 1.08. The van der Waals surface area contributed by atoms with Crippen molar-refractivity contribution in [1.82, 2.24) is 29.9 Å². The Morgan fingerprint density at radius 3 is 2.51 bits per heavy atom. The van der Waals surface area contributed by atoms with Gasteiger partial charge in [-0.05, 0) is 53.3 Å². The molecule has 1 atom stereocenters. The van der Waals surface area contributed by atoms with Crippen molar-refractivity contribution in [3.05, 3.63) is 83.8 Å². The molecule has 0 spiro atoms. The minimum atomic E-state index is -0.222. The molecule has 2 aromatic carbocycles. The maximum Gasteiger partial charge on any atom is 0.253 e. The minimum Gasteiger partial charge on any atom is -0.378 e. The van der Waals surface area contributed by atoms with E-state index in [-0.39, 0.29) is 23.8 Å². The van der Waals surface area contributed by atoms with E-state index in [1.807, 2.05) is 42.5 Å². The van der Waals surface area contributed by atoms with Crippen LogP contribution in [0.25, 0.3) is 28.0 Å². The number of benzene rings is 2. The number of morpholine rings is 1. The van der Waals surface area contributed by atoms with Gasteiger partial charge in [0.05, 0.1) is 30.4 Å². The molecular weight excluding hydrogens is 594 g/mol. The highest BCUT2D eigenvalue weighted by atomic mass is 16.5. The first-order valence-corrected chi connectivity index (χ1v) is 15.5. The predicted octanol–water partition coefficient (Wildman–Crippen LogP) is 3.50. The van der Waals surface area contributed by atoms with E-state index >= 15 is 0 Å². The number of carbonyl (C=O) groups excluding carboxylic acids is 2. The SMILES string of the molecule is C#C[C@H]1CCc2cc(-c3ccc(CNC(=O)c4cc5c(N6CCOCC6)nc(-c6cnc(N)nc6)nn5c4)cc3)ccc2N1C(C)=O. The van der Waals surface area contributed by atoms with Gasteiger partial charge in [0.2, 0.25) is 11.9 Å². The lowest BCUT2D eigenvalue weighted by Crippen LogP contribution is -2.41. The lowest BCUT2D eigenvalue weighted by molar-refractivity contribution is -0.116. The highest BCUT2D eigenvalue weighted by Crippen LogP contribution is 2.34. The van der Waals surface area contributed by atoms with Crippen LogP contribution in [0.3, 0.4) is 0 Å². The standard InChI is InChI=1S/C35H33N9O3/c1-3-29-10-8-26-16-25(9-11-30(26)44(29)22(2)45)24-6-4-23(5-7-24)18-37-34(46)27-17-31-33(42-12-14-47-15-13-42)40-32(41-43(31)21-27)28-19-38-35(36)39-20-28/h1,4-7,9,11,16-17,19-21,29H,8,10,12-15,18H2,2H3,(H,37,46)(H2,36,38,39)/t29-/m0/s1. The van der Waals surface area contributed by atoms with Crippen molar-refractivity contribution in [2.24, 2.45) is 0 Å². The number of nitrogens with zero attached hydrogens (tertiary/aromatic N) is 7. The maximum absolute atomic E-state index is 13.3. The number of nitrogens with two attached hydrogens (primary N) is 1. The lowest BCUT2D eigenvalue weighted by Gasteiger charge is -2.34. The average molecular weight is 628 g/mol. The summed E-state index contributed by atoms with van der Waals surface area (Å²) in [5, 5.41) is 7.69. The first-order chi connectivity index (χ1) is 22.9. The van der Waals surface area contributed by atoms with Gasteiger partial charge in [0.1, 0.15) is 5.52 Å². The van der Waals surface area contributed by atoms with Crippen molar-refractivity contribution in [2.75, 3.05) is 41.8 Å². The molecule has 2 aliphatic rings. The van der Waals surface area contributed by atoms with Crippen LogP contribution in [0.15, 0.2) is 67.1 Å². The number of anilines is 3. The summed E-state index contributed by atoms with van der Waals surface area (Å²) in [6.45, 7) is 4.41. The van der Waals surface area contributed by atoms with Crippen LogP contribution < -0.4 is 20.9 Å². The number of hydrogen-bond acceptors (Lipinski definition) is 9. The van der Waals surface area contributed by atoms with Crippen molar-refractivity contribution < 1.29 is 14.3 Å². The summed E-state index contributed by atoms with van der Waals surface area (Å²) in [7, 11) is 0. The molecule has 3 aromatic heterocycles. The number of aryl methyl sites for hydroxylation is 1. The summed E-state index contributed by atoms with van der Waals surface area (Å²) in [5.41, 5.74) is 12.5. The molecule has 0 unspecified atom stereocenters. The van der Waals surface area contributed by atoms with Crippen molar-refractivity contribution >= 4 is 34.8 Å². The third-order valence-corrected chi connectivity index (χ3v) is 8.56. The van der Waals surface area contributed by atoms with E-state index in [0.717, 1.165) is 40.8 Å². The summed E-state index contributed by atoms with van der Waals surface area (Å²) >= 11 is 0. The molecule has 0 radical (unpaired) electrons. The van der Waals surface area contributed by atoms with E-state index in [1.165, 1.54) is 0 Å². The van der Waals surface area contributed by atoms with Crippen LogP contribution in [0, 0.1) is 12.3 Å². The molecule has 2 amide bonds. The minimum absolute atomic E-state index is 0.0509. The van der Waals surface area contributed by atoms with Gasteiger partial charge in [0.15, 0.2) is 11.6 Å². The van der Waals surface area contributed by atoms with E-state index < -0.39 is 0 Å². The van der Waals surface area contributed by atoms with Gasteiger partial charge in [-0.3, -0.25) is 14.5 Å². The van der Waals surface area contributed by atoms with Gasteiger partial charge in [0, 0.05) is 50.8 Å². The number of nitrogens with one attached hydrogen (secondary N) is 1. The summed E-state index contributed by atoms with van der Waals surface area (Å²) < 4.78 is 7.22. The van der Waals surface area contributed by atoms with Crippen LogP contribution >= 0.6 is 0 Å². The van der Waals surface area contributed by atoms with Crippen molar-refractivity contribution in [2.45, 2.75) is 32.4 Å². The summed E-state index contributed by atoms with van der Waals surface area (Å²) in [6.07, 6.45) is 12.1. The quantitative estimate of drug-likeness (QED) is 0.270. The van der Waals surface area contributed by atoms with Crippen LogP contribution in [0.2, 0.25) is 0 Å². The van der Waals surface area contributed by atoms with Crippen molar-refractivity contribution in [3.63, 3.8) is 0 Å². The first-order valence-electron chi connectivity index (χ1n) is 15.5. The zero-order valence-electron chi connectivity index (χ0n) is 25.9. The van der Waals surface area contributed by atoms with Gasteiger partial charge in [-0.15, -0.1) is 11.5 Å². The van der Waals surface area contributed by atoms with Gasteiger partial charge in [-0.2, -0.15) is 0 Å². The fourth-order valence-corrected chi connectivity index (χ4v) is 6.13. The summed E-state index contributed by atoms with van der Waals surface area (Å²) in [6, 6.07) is 15.8. The number of terminal acetylenes is 1. The molecule has 0 bridgehead atoms. The highest BCUT2D eigenvalue weighted by Gasteiger charge is 2.28. The fourth-order valence-electron chi connectivity index (χ4n) is 6.13. The van der Waals surface area contributed by atoms with E-state index in [1.54, 1.807) is 34.9 Å². The second kappa shape index (κ2) is 12.5. The zero-order chi connectivity index (χ0) is 32.5. The molecule has 3 N–H and O–H groups in total. The number of carbonyl (C=O) groups is 2. The van der Waals surface area contributed by atoms with Gasteiger partial charge in [0.25, 0.3) is 5.91 Å². The topological polar surface area (TPSA) is 144 Å². The van der Waals surface area contributed by atoms with Gasteiger partial charge in [-0.25, -0.2) is 19.5 Å². The van der Waals surface area contributed by atoms with Crippen LogP contribution in [-0.4, -0.2) is 68.7 Å². The number of rotatable bonds is 6. The van der Waals surface area contributed by atoms with E-state index in [2.05, 4.69) is 37.3 Å². The Labute approximate surface area is 271 Å². The Hall–Kier alpha value is -5.80. The number of amides is 2.